The molecular weight excluding hydrogens is 286 g/mol. The standard InChI is InChI=1S/C19H23N3O/c1-15-6-3-4-8-17(15)14-21-10-12-22(13-11-21)19(23)18-9-5-7-16(2)20-18/h3-9H,10-14H2,1-2H3. The second kappa shape index (κ2) is 6.92. The van der Waals surface area contributed by atoms with E-state index in [1.54, 1.807) is 6.07 Å². The Hall–Kier alpha value is -2.20. The summed E-state index contributed by atoms with van der Waals surface area (Å²) in [5, 5.41) is 0. The maximum Gasteiger partial charge on any atom is 0.272 e. The quantitative estimate of drug-likeness (QED) is 0.874. The molecule has 0 unspecified atom stereocenters. The lowest BCUT2D eigenvalue weighted by molar-refractivity contribution is 0.0622. The third kappa shape index (κ3) is 3.77. The molecule has 2 heterocycles. The first-order chi connectivity index (χ1) is 11.1. The van der Waals surface area contributed by atoms with E-state index in [0.717, 1.165) is 38.4 Å². The van der Waals surface area contributed by atoms with Gasteiger partial charge in [0.1, 0.15) is 5.69 Å². The van der Waals surface area contributed by atoms with Gasteiger partial charge in [0, 0.05) is 38.4 Å². The zero-order valence-corrected chi connectivity index (χ0v) is 13.8. The van der Waals surface area contributed by atoms with Crippen molar-refractivity contribution in [2.24, 2.45) is 0 Å². The number of hydrogen-bond donors (Lipinski definition) is 0. The lowest BCUT2D eigenvalue weighted by Gasteiger charge is -2.34. The average Bonchev–Trinajstić information content (AvgIpc) is 2.57. The summed E-state index contributed by atoms with van der Waals surface area (Å²) in [6.07, 6.45) is 0. The molecule has 1 aromatic heterocycles. The molecule has 0 aliphatic carbocycles. The van der Waals surface area contributed by atoms with Crippen LogP contribution in [0, 0.1) is 13.8 Å². The molecule has 0 N–H and O–H groups in total. The molecular formula is C19H23N3O. The van der Waals surface area contributed by atoms with Crippen LogP contribution in [0.25, 0.3) is 0 Å². The normalized spacial score (nSPS) is 15.7. The average molecular weight is 309 g/mol. The molecule has 1 fully saturated rings. The molecule has 0 spiro atoms. The van der Waals surface area contributed by atoms with Crippen LogP contribution in [-0.2, 0) is 6.54 Å². The lowest BCUT2D eigenvalue weighted by Crippen LogP contribution is -2.48. The van der Waals surface area contributed by atoms with Gasteiger partial charge in [-0.25, -0.2) is 4.98 Å². The van der Waals surface area contributed by atoms with Crippen LogP contribution < -0.4 is 0 Å². The monoisotopic (exact) mass is 309 g/mol. The highest BCUT2D eigenvalue weighted by molar-refractivity contribution is 5.92. The van der Waals surface area contributed by atoms with Gasteiger partial charge < -0.3 is 4.90 Å². The predicted octanol–water partition coefficient (Wildman–Crippen LogP) is 2.66. The molecule has 4 heteroatoms. The fourth-order valence-corrected chi connectivity index (χ4v) is 2.96. The SMILES string of the molecule is Cc1cccc(C(=O)N2CCN(Cc3ccccc3C)CC2)n1. The fourth-order valence-electron chi connectivity index (χ4n) is 2.96. The maximum absolute atomic E-state index is 12.5. The number of carbonyl (C=O) groups is 1. The van der Waals surface area contributed by atoms with Crippen LogP contribution in [0.5, 0.6) is 0 Å². The molecule has 1 saturated heterocycles. The number of nitrogens with zero attached hydrogens (tertiary/aromatic N) is 3. The summed E-state index contributed by atoms with van der Waals surface area (Å²) in [5.41, 5.74) is 4.13. The van der Waals surface area contributed by atoms with E-state index in [2.05, 4.69) is 41.1 Å². The molecule has 23 heavy (non-hydrogen) atoms. The van der Waals surface area contributed by atoms with E-state index in [1.165, 1.54) is 11.1 Å². The summed E-state index contributed by atoms with van der Waals surface area (Å²) in [7, 11) is 0. The number of piperazine rings is 1. The topological polar surface area (TPSA) is 36.4 Å². The number of benzene rings is 1. The van der Waals surface area contributed by atoms with Gasteiger partial charge in [0.05, 0.1) is 0 Å². The van der Waals surface area contributed by atoms with E-state index >= 15 is 0 Å². The summed E-state index contributed by atoms with van der Waals surface area (Å²) < 4.78 is 0. The third-order valence-corrected chi connectivity index (χ3v) is 4.42. The van der Waals surface area contributed by atoms with Gasteiger partial charge in [-0.3, -0.25) is 9.69 Å². The first kappa shape index (κ1) is 15.7. The minimum Gasteiger partial charge on any atom is -0.335 e. The Kier molecular flexibility index (Phi) is 4.72. The van der Waals surface area contributed by atoms with Crippen LogP contribution >= 0.6 is 0 Å². The Labute approximate surface area is 137 Å². The highest BCUT2D eigenvalue weighted by atomic mass is 16.2. The molecule has 2 aromatic rings. The Balaban J connectivity index is 1.58. The molecule has 120 valence electrons. The van der Waals surface area contributed by atoms with Crippen molar-refractivity contribution in [3.63, 3.8) is 0 Å². The fraction of sp³-hybridized carbons (Fsp3) is 0.368. The summed E-state index contributed by atoms with van der Waals surface area (Å²) in [5.74, 6) is 0.0456. The molecule has 1 aliphatic rings. The number of pyridine rings is 1. The van der Waals surface area contributed by atoms with Gasteiger partial charge >= 0.3 is 0 Å². The molecule has 3 rings (SSSR count). The second-order valence-corrected chi connectivity index (χ2v) is 6.16. The van der Waals surface area contributed by atoms with Gasteiger partial charge in [0.15, 0.2) is 0 Å². The first-order valence-corrected chi connectivity index (χ1v) is 8.13. The summed E-state index contributed by atoms with van der Waals surface area (Å²) >= 11 is 0. The van der Waals surface area contributed by atoms with Crippen molar-refractivity contribution < 1.29 is 4.79 Å². The maximum atomic E-state index is 12.5. The van der Waals surface area contributed by atoms with Gasteiger partial charge in [0.2, 0.25) is 0 Å². The highest BCUT2D eigenvalue weighted by Crippen LogP contribution is 2.13. The first-order valence-electron chi connectivity index (χ1n) is 8.13. The smallest absolute Gasteiger partial charge is 0.272 e. The molecule has 0 bridgehead atoms. The number of hydrogen-bond acceptors (Lipinski definition) is 3. The third-order valence-electron chi connectivity index (χ3n) is 4.42. The molecule has 1 aliphatic heterocycles. The number of amides is 1. The van der Waals surface area contributed by atoms with Crippen molar-refractivity contribution >= 4 is 5.91 Å². The van der Waals surface area contributed by atoms with Crippen LogP contribution in [-0.4, -0.2) is 46.9 Å². The molecule has 0 saturated carbocycles. The van der Waals surface area contributed by atoms with Gasteiger partial charge in [-0.05, 0) is 37.1 Å². The van der Waals surface area contributed by atoms with Crippen molar-refractivity contribution in [2.75, 3.05) is 26.2 Å². The molecule has 1 aromatic carbocycles. The Bertz CT molecular complexity index is 691. The Morgan fingerprint density at radius 3 is 2.43 bits per heavy atom. The van der Waals surface area contributed by atoms with E-state index in [0.29, 0.717) is 5.69 Å². The number of aryl methyl sites for hydroxylation is 2. The van der Waals surface area contributed by atoms with Crippen molar-refractivity contribution in [2.45, 2.75) is 20.4 Å². The Morgan fingerprint density at radius 2 is 1.74 bits per heavy atom. The number of carbonyl (C=O) groups excluding carboxylic acids is 1. The summed E-state index contributed by atoms with van der Waals surface area (Å²) in [6, 6.07) is 14.1. The number of aromatic nitrogens is 1. The molecule has 0 radical (unpaired) electrons. The minimum absolute atomic E-state index is 0.0456. The minimum atomic E-state index is 0.0456. The van der Waals surface area contributed by atoms with Crippen LogP contribution in [0.2, 0.25) is 0 Å². The predicted molar refractivity (Wildman–Crippen MR) is 91.3 cm³/mol. The van der Waals surface area contributed by atoms with Gasteiger partial charge in [0.25, 0.3) is 5.91 Å². The van der Waals surface area contributed by atoms with Gasteiger partial charge in [-0.15, -0.1) is 0 Å². The Morgan fingerprint density at radius 1 is 1.00 bits per heavy atom. The lowest BCUT2D eigenvalue weighted by atomic mass is 10.1. The van der Waals surface area contributed by atoms with E-state index in [4.69, 9.17) is 0 Å². The van der Waals surface area contributed by atoms with Crippen molar-refractivity contribution in [1.82, 2.24) is 14.8 Å². The van der Waals surface area contributed by atoms with Crippen molar-refractivity contribution in [1.29, 1.82) is 0 Å². The van der Waals surface area contributed by atoms with Gasteiger partial charge in [-0.1, -0.05) is 30.3 Å². The zero-order chi connectivity index (χ0) is 16.2. The van der Waals surface area contributed by atoms with E-state index in [1.807, 2.05) is 24.0 Å². The second-order valence-electron chi connectivity index (χ2n) is 6.16. The largest absolute Gasteiger partial charge is 0.335 e. The number of rotatable bonds is 3. The summed E-state index contributed by atoms with van der Waals surface area (Å²) in [6.45, 7) is 8.37. The molecule has 4 nitrogen and oxygen atoms in total. The molecule has 1 amide bonds. The van der Waals surface area contributed by atoms with Crippen LogP contribution in [0.15, 0.2) is 42.5 Å². The molecule has 0 atom stereocenters. The van der Waals surface area contributed by atoms with E-state index in [-0.39, 0.29) is 5.91 Å². The highest BCUT2D eigenvalue weighted by Gasteiger charge is 2.23. The van der Waals surface area contributed by atoms with Crippen molar-refractivity contribution in [3.8, 4) is 0 Å². The van der Waals surface area contributed by atoms with Gasteiger partial charge in [-0.2, -0.15) is 0 Å². The van der Waals surface area contributed by atoms with Crippen molar-refractivity contribution in [3.05, 3.63) is 65.0 Å². The van der Waals surface area contributed by atoms with Crippen LogP contribution in [0.1, 0.15) is 27.3 Å². The van der Waals surface area contributed by atoms with Crippen LogP contribution in [0.3, 0.4) is 0 Å². The van der Waals surface area contributed by atoms with E-state index < -0.39 is 0 Å². The zero-order valence-electron chi connectivity index (χ0n) is 13.8. The summed E-state index contributed by atoms with van der Waals surface area (Å²) in [4.78, 5) is 21.2. The van der Waals surface area contributed by atoms with Crippen LogP contribution in [0.4, 0.5) is 0 Å². The van der Waals surface area contributed by atoms with E-state index in [9.17, 15) is 4.79 Å².